The minimum Gasteiger partial charge on any atom is -0.486 e. The number of fused-ring (bicyclic) bond motifs is 1. The Morgan fingerprint density at radius 1 is 1.14 bits per heavy atom. The molecule has 0 amide bonds. The van der Waals surface area contributed by atoms with Gasteiger partial charge in [0, 0.05) is 10.9 Å². The first-order valence-corrected chi connectivity index (χ1v) is 6.94. The Bertz CT molecular complexity index is 804. The minimum absolute atomic E-state index is 0.178. The number of pyridine rings is 1. The summed E-state index contributed by atoms with van der Waals surface area (Å²) in [6.45, 7) is 2.06. The molecular formula is C17H13ClFNO. The van der Waals surface area contributed by atoms with Crippen LogP contribution >= 0.6 is 11.6 Å². The van der Waals surface area contributed by atoms with Gasteiger partial charge in [0.05, 0.1) is 5.52 Å². The van der Waals surface area contributed by atoms with Gasteiger partial charge in [-0.25, -0.2) is 9.37 Å². The third kappa shape index (κ3) is 2.98. The summed E-state index contributed by atoms with van der Waals surface area (Å²) in [5.74, 6) is -0.162. The predicted octanol–water partition coefficient (Wildman–Crippen LogP) is 4.91. The van der Waals surface area contributed by atoms with E-state index in [1.807, 2.05) is 37.3 Å². The molecule has 3 aromatic rings. The monoisotopic (exact) mass is 301 g/mol. The highest BCUT2D eigenvalue weighted by atomic mass is 35.5. The van der Waals surface area contributed by atoms with Crippen LogP contribution in [0.25, 0.3) is 10.9 Å². The molecule has 0 fully saturated rings. The molecule has 0 aliphatic heterocycles. The number of ether oxygens (including phenoxy) is 1. The molecule has 1 heterocycles. The van der Waals surface area contributed by atoms with Gasteiger partial charge >= 0.3 is 0 Å². The van der Waals surface area contributed by atoms with Gasteiger partial charge in [-0.05, 0) is 36.8 Å². The van der Waals surface area contributed by atoms with Gasteiger partial charge in [0.25, 0.3) is 0 Å². The molecule has 0 spiro atoms. The Labute approximate surface area is 127 Å². The molecule has 4 heteroatoms. The van der Waals surface area contributed by atoms with Gasteiger partial charge in [-0.15, -0.1) is 0 Å². The van der Waals surface area contributed by atoms with Gasteiger partial charge in [0.1, 0.15) is 11.8 Å². The van der Waals surface area contributed by atoms with E-state index in [1.54, 1.807) is 12.1 Å². The van der Waals surface area contributed by atoms with Crippen LogP contribution in [0, 0.1) is 12.7 Å². The molecule has 0 radical (unpaired) electrons. The zero-order valence-corrected chi connectivity index (χ0v) is 12.2. The fraction of sp³-hybridized carbons (Fsp3) is 0.118. The first-order valence-electron chi connectivity index (χ1n) is 6.56. The van der Waals surface area contributed by atoms with Crippen LogP contribution in [0.2, 0.25) is 5.15 Å². The first-order chi connectivity index (χ1) is 10.1. The van der Waals surface area contributed by atoms with E-state index in [2.05, 4.69) is 4.98 Å². The Morgan fingerprint density at radius 3 is 2.81 bits per heavy atom. The molecule has 0 atom stereocenters. The number of hydrogen-bond acceptors (Lipinski definition) is 2. The molecule has 0 bridgehead atoms. The van der Waals surface area contributed by atoms with Crippen molar-refractivity contribution in [3.8, 4) is 5.75 Å². The number of halogens is 2. The third-order valence-corrected chi connectivity index (χ3v) is 3.55. The van der Waals surface area contributed by atoms with Crippen molar-refractivity contribution < 1.29 is 9.13 Å². The first kappa shape index (κ1) is 13.8. The van der Waals surface area contributed by atoms with E-state index in [0.717, 1.165) is 22.0 Å². The van der Waals surface area contributed by atoms with Crippen LogP contribution in [0.3, 0.4) is 0 Å². The Morgan fingerprint density at radius 2 is 1.95 bits per heavy atom. The molecule has 106 valence electrons. The van der Waals surface area contributed by atoms with Crippen molar-refractivity contribution in [2.24, 2.45) is 0 Å². The number of aromatic nitrogens is 1. The van der Waals surface area contributed by atoms with Crippen LogP contribution in [-0.4, -0.2) is 4.98 Å². The molecule has 21 heavy (non-hydrogen) atoms. The Kier molecular flexibility index (Phi) is 3.76. The highest BCUT2D eigenvalue weighted by Crippen LogP contribution is 2.24. The van der Waals surface area contributed by atoms with E-state index in [-0.39, 0.29) is 18.2 Å². The van der Waals surface area contributed by atoms with Gasteiger partial charge < -0.3 is 4.74 Å². The van der Waals surface area contributed by atoms with Crippen molar-refractivity contribution in [1.29, 1.82) is 0 Å². The maximum absolute atomic E-state index is 13.7. The van der Waals surface area contributed by atoms with E-state index in [0.29, 0.717) is 5.15 Å². The second-order valence-electron chi connectivity index (χ2n) is 4.85. The van der Waals surface area contributed by atoms with Gasteiger partial charge in [-0.3, -0.25) is 0 Å². The lowest BCUT2D eigenvalue weighted by Crippen LogP contribution is -2.00. The summed E-state index contributed by atoms with van der Waals surface area (Å²) in [6, 6.07) is 14.4. The maximum atomic E-state index is 13.7. The summed E-state index contributed by atoms with van der Waals surface area (Å²) in [7, 11) is 0. The van der Waals surface area contributed by atoms with Crippen LogP contribution in [-0.2, 0) is 6.61 Å². The second kappa shape index (κ2) is 5.70. The molecule has 0 saturated heterocycles. The summed E-state index contributed by atoms with van der Waals surface area (Å²) in [6.07, 6.45) is 0. The zero-order valence-electron chi connectivity index (χ0n) is 11.4. The number of rotatable bonds is 3. The maximum Gasteiger partial charge on any atom is 0.165 e. The largest absolute Gasteiger partial charge is 0.486 e. The number of para-hydroxylation sites is 1. The molecule has 3 rings (SSSR count). The van der Waals surface area contributed by atoms with Crippen molar-refractivity contribution in [2.75, 3.05) is 0 Å². The van der Waals surface area contributed by atoms with Crippen molar-refractivity contribution in [3.63, 3.8) is 0 Å². The minimum atomic E-state index is -0.384. The Hall–Kier alpha value is -2.13. The van der Waals surface area contributed by atoms with Crippen molar-refractivity contribution >= 4 is 22.5 Å². The van der Waals surface area contributed by atoms with Gasteiger partial charge in [0.2, 0.25) is 0 Å². The molecule has 0 unspecified atom stereocenters. The topological polar surface area (TPSA) is 22.1 Å². The second-order valence-corrected chi connectivity index (χ2v) is 5.21. The molecular weight excluding hydrogens is 289 g/mol. The predicted molar refractivity (Wildman–Crippen MR) is 82.2 cm³/mol. The molecule has 0 aliphatic rings. The number of aryl methyl sites for hydroxylation is 1. The molecule has 2 aromatic carbocycles. The number of benzene rings is 2. The van der Waals surface area contributed by atoms with Crippen LogP contribution in [0.4, 0.5) is 4.39 Å². The van der Waals surface area contributed by atoms with Gasteiger partial charge in [-0.2, -0.15) is 0 Å². The molecule has 2 nitrogen and oxygen atoms in total. The molecule has 1 aromatic heterocycles. The lowest BCUT2D eigenvalue weighted by molar-refractivity contribution is 0.290. The van der Waals surface area contributed by atoms with Crippen molar-refractivity contribution in [2.45, 2.75) is 13.5 Å². The summed E-state index contributed by atoms with van der Waals surface area (Å²) in [5, 5.41) is 1.35. The highest BCUT2D eigenvalue weighted by Gasteiger charge is 2.08. The van der Waals surface area contributed by atoms with E-state index >= 15 is 0 Å². The van der Waals surface area contributed by atoms with Crippen molar-refractivity contribution in [1.82, 2.24) is 4.98 Å². The lowest BCUT2D eigenvalue weighted by atomic mass is 10.1. The summed E-state index contributed by atoms with van der Waals surface area (Å²) in [4.78, 5) is 4.32. The standard InChI is InChI=1S/C17H13ClFNO/c1-11-6-7-14(19)16(8-11)21-10-13-9-12-4-2-3-5-15(12)20-17(13)18/h2-9H,10H2,1H3. The van der Waals surface area contributed by atoms with E-state index in [4.69, 9.17) is 16.3 Å². The van der Waals surface area contributed by atoms with Crippen molar-refractivity contribution in [3.05, 3.63) is 70.6 Å². The summed E-state index contributed by atoms with van der Waals surface area (Å²) < 4.78 is 19.2. The molecule has 0 N–H and O–H groups in total. The summed E-state index contributed by atoms with van der Waals surface area (Å²) >= 11 is 6.16. The van der Waals surface area contributed by atoms with E-state index < -0.39 is 0 Å². The van der Waals surface area contributed by atoms with Crippen LogP contribution in [0.5, 0.6) is 5.75 Å². The van der Waals surface area contributed by atoms with Crippen LogP contribution in [0.1, 0.15) is 11.1 Å². The average Bonchev–Trinajstić information content (AvgIpc) is 2.48. The smallest absolute Gasteiger partial charge is 0.165 e. The van der Waals surface area contributed by atoms with E-state index in [9.17, 15) is 4.39 Å². The lowest BCUT2D eigenvalue weighted by Gasteiger charge is -2.10. The number of nitrogens with zero attached hydrogens (tertiary/aromatic N) is 1. The molecule has 0 aliphatic carbocycles. The average molecular weight is 302 g/mol. The zero-order chi connectivity index (χ0) is 14.8. The van der Waals surface area contributed by atoms with Gasteiger partial charge in [0.15, 0.2) is 11.6 Å². The Balaban J connectivity index is 1.88. The van der Waals surface area contributed by atoms with E-state index in [1.165, 1.54) is 6.07 Å². The van der Waals surface area contributed by atoms with Crippen LogP contribution in [0.15, 0.2) is 48.5 Å². The summed E-state index contributed by atoms with van der Waals surface area (Å²) in [5.41, 5.74) is 2.50. The quantitative estimate of drug-likeness (QED) is 0.641. The number of hydrogen-bond donors (Lipinski definition) is 0. The third-order valence-electron chi connectivity index (χ3n) is 3.22. The van der Waals surface area contributed by atoms with Gasteiger partial charge in [-0.1, -0.05) is 35.9 Å². The molecule has 0 saturated carbocycles. The van der Waals surface area contributed by atoms with Crippen LogP contribution < -0.4 is 4.74 Å². The highest BCUT2D eigenvalue weighted by molar-refractivity contribution is 6.30. The normalized spacial score (nSPS) is 10.8. The fourth-order valence-corrected chi connectivity index (χ4v) is 2.31. The SMILES string of the molecule is Cc1ccc(F)c(OCc2cc3ccccc3nc2Cl)c1. The fourth-order valence-electron chi connectivity index (χ4n) is 2.11.